The molecular formula is C17H26N2O3. The molecule has 1 aromatic rings. The lowest BCUT2D eigenvalue weighted by molar-refractivity contribution is -0.118. The second-order valence-electron chi connectivity index (χ2n) is 5.85. The van der Waals surface area contributed by atoms with E-state index in [4.69, 9.17) is 4.74 Å². The van der Waals surface area contributed by atoms with E-state index in [-0.39, 0.29) is 18.6 Å². The van der Waals surface area contributed by atoms with Crippen LogP contribution in [0.1, 0.15) is 26.7 Å². The molecule has 0 bridgehead atoms. The van der Waals surface area contributed by atoms with Crippen LogP contribution in [0.25, 0.3) is 0 Å². The molecule has 2 unspecified atom stereocenters. The first-order valence-corrected chi connectivity index (χ1v) is 8.01. The van der Waals surface area contributed by atoms with E-state index < -0.39 is 0 Å². The number of ether oxygens (including phenoxy) is 1. The number of hydrogen-bond acceptors (Lipinski definition) is 4. The van der Waals surface area contributed by atoms with Crippen molar-refractivity contribution in [2.45, 2.75) is 32.7 Å². The maximum atomic E-state index is 12.2. The second-order valence-corrected chi connectivity index (χ2v) is 5.85. The van der Waals surface area contributed by atoms with Crippen LogP contribution in [0, 0.1) is 5.92 Å². The molecule has 1 aliphatic heterocycles. The fraction of sp³-hybridized carbons (Fsp3) is 0.588. The number of amides is 1. The Morgan fingerprint density at radius 2 is 2.14 bits per heavy atom. The number of nitrogens with one attached hydrogen (secondary N) is 1. The number of nitrogens with zero attached hydrogens (tertiary/aromatic N) is 1. The molecule has 1 aliphatic rings. The molecule has 0 spiro atoms. The quantitative estimate of drug-likeness (QED) is 0.845. The maximum absolute atomic E-state index is 12.2. The van der Waals surface area contributed by atoms with Crippen molar-refractivity contribution in [3.63, 3.8) is 0 Å². The third-order valence-corrected chi connectivity index (χ3v) is 4.21. The zero-order valence-electron chi connectivity index (χ0n) is 13.4. The van der Waals surface area contributed by atoms with E-state index >= 15 is 0 Å². The predicted molar refractivity (Wildman–Crippen MR) is 87.1 cm³/mol. The number of likely N-dealkylation sites (tertiary alicyclic amines) is 1. The van der Waals surface area contributed by atoms with E-state index in [2.05, 4.69) is 17.1 Å². The molecule has 1 amide bonds. The number of rotatable bonds is 6. The molecule has 0 saturated carbocycles. The Bertz CT molecular complexity index is 475. The van der Waals surface area contributed by atoms with Crippen molar-refractivity contribution >= 4 is 11.6 Å². The van der Waals surface area contributed by atoms with Gasteiger partial charge in [0, 0.05) is 11.7 Å². The van der Waals surface area contributed by atoms with Crippen LogP contribution in [-0.2, 0) is 4.79 Å². The molecule has 1 fully saturated rings. The molecule has 1 aromatic carbocycles. The molecule has 5 heteroatoms. The SMILES string of the molecule is CCOc1ccc(NC(=O)CN2CCCC(C)C2CO)cc1. The Morgan fingerprint density at radius 3 is 2.77 bits per heavy atom. The van der Waals surface area contributed by atoms with Gasteiger partial charge in [-0.2, -0.15) is 0 Å². The van der Waals surface area contributed by atoms with Crippen LogP contribution in [0.4, 0.5) is 5.69 Å². The second kappa shape index (κ2) is 8.15. The van der Waals surface area contributed by atoms with E-state index in [0.29, 0.717) is 19.1 Å². The van der Waals surface area contributed by atoms with Gasteiger partial charge in [0.1, 0.15) is 5.75 Å². The molecular weight excluding hydrogens is 280 g/mol. The van der Waals surface area contributed by atoms with Gasteiger partial charge in [-0.05, 0) is 56.5 Å². The van der Waals surface area contributed by atoms with Gasteiger partial charge in [-0.15, -0.1) is 0 Å². The van der Waals surface area contributed by atoms with E-state index in [1.165, 1.54) is 0 Å². The minimum Gasteiger partial charge on any atom is -0.494 e. The normalized spacial score (nSPS) is 22.3. The summed E-state index contributed by atoms with van der Waals surface area (Å²) in [4.78, 5) is 14.3. The number of carbonyl (C=O) groups is 1. The Labute approximate surface area is 132 Å². The van der Waals surface area contributed by atoms with Crippen molar-refractivity contribution in [3.8, 4) is 5.75 Å². The summed E-state index contributed by atoms with van der Waals surface area (Å²) in [6.07, 6.45) is 2.19. The first kappa shape index (κ1) is 16.8. The van der Waals surface area contributed by atoms with Crippen LogP contribution < -0.4 is 10.1 Å². The van der Waals surface area contributed by atoms with Crippen molar-refractivity contribution in [1.82, 2.24) is 4.90 Å². The van der Waals surface area contributed by atoms with Gasteiger partial charge in [0.2, 0.25) is 5.91 Å². The fourth-order valence-electron chi connectivity index (χ4n) is 3.01. The summed E-state index contributed by atoms with van der Waals surface area (Å²) in [5.74, 6) is 1.18. The van der Waals surface area contributed by atoms with Crippen LogP contribution in [0.15, 0.2) is 24.3 Å². The number of benzene rings is 1. The summed E-state index contributed by atoms with van der Waals surface area (Å²) >= 11 is 0. The van der Waals surface area contributed by atoms with Crippen LogP contribution in [0.5, 0.6) is 5.75 Å². The zero-order valence-corrected chi connectivity index (χ0v) is 13.4. The lowest BCUT2D eigenvalue weighted by Gasteiger charge is -2.38. The Hall–Kier alpha value is -1.59. The number of aliphatic hydroxyl groups is 1. The molecule has 5 nitrogen and oxygen atoms in total. The van der Waals surface area contributed by atoms with Gasteiger partial charge in [-0.25, -0.2) is 0 Å². The number of hydrogen-bond donors (Lipinski definition) is 2. The Balaban J connectivity index is 1.89. The maximum Gasteiger partial charge on any atom is 0.238 e. The van der Waals surface area contributed by atoms with Crippen LogP contribution in [0.3, 0.4) is 0 Å². The van der Waals surface area contributed by atoms with Gasteiger partial charge in [0.05, 0.1) is 19.8 Å². The van der Waals surface area contributed by atoms with Gasteiger partial charge in [0.25, 0.3) is 0 Å². The van der Waals surface area contributed by atoms with Crippen LogP contribution in [-0.4, -0.2) is 48.3 Å². The van der Waals surface area contributed by atoms with E-state index in [0.717, 1.165) is 30.8 Å². The minimum atomic E-state index is -0.0447. The summed E-state index contributed by atoms with van der Waals surface area (Å²) in [6, 6.07) is 7.45. The Kier molecular flexibility index (Phi) is 6.21. The first-order chi connectivity index (χ1) is 10.6. The molecule has 22 heavy (non-hydrogen) atoms. The van der Waals surface area contributed by atoms with E-state index in [1.807, 2.05) is 31.2 Å². The largest absolute Gasteiger partial charge is 0.494 e. The average molecular weight is 306 g/mol. The molecule has 1 heterocycles. The topological polar surface area (TPSA) is 61.8 Å². The lowest BCUT2D eigenvalue weighted by atomic mass is 9.91. The van der Waals surface area contributed by atoms with Crippen molar-refractivity contribution < 1.29 is 14.6 Å². The van der Waals surface area contributed by atoms with Crippen molar-refractivity contribution in [2.75, 3.05) is 31.6 Å². The summed E-state index contributed by atoms with van der Waals surface area (Å²) in [7, 11) is 0. The number of anilines is 1. The smallest absolute Gasteiger partial charge is 0.238 e. The molecule has 0 aliphatic carbocycles. The Morgan fingerprint density at radius 1 is 1.41 bits per heavy atom. The van der Waals surface area contributed by atoms with Crippen LogP contribution >= 0.6 is 0 Å². The monoisotopic (exact) mass is 306 g/mol. The van der Waals surface area contributed by atoms with Gasteiger partial charge in [0.15, 0.2) is 0 Å². The van der Waals surface area contributed by atoms with Crippen molar-refractivity contribution in [1.29, 1.82) is 0 Å². The third-order valence-electron chi connectivity index (χ3n) is 4.21. The summed E-state index contributed by atoms with van der Waals surface area (Å²) < 4.78 is 5.38. The molecule has 0 aromatic heterocycles. The fourth-order valence-corrected chi connectivity index (χ4v) is 3.01. The summed E-state index contributed by atoms with van der Waals surface area (Å²) in [5, 5.41) is 12.4. The van der Waals surface area contributed by atoms with Crippen molar-refractivity contribution in [3.05, 3.63) is 24.3 Å². The zero-order chi connectivity index (χ0) is 15.9. The highest BCUT2D eigenvalue weighted by molar-refractivity contribution is 5.92. The summed E-state index contributed by atoms with van der Waals surface area (Å²) in [6.45, 7) is 6.00. The molecule has 2 rings (SSSR count). The first-order valence-electron chi connectivity index (χ1n) is 8.01. The molecule has 0 radical (unpaired) electrons. The third kappa shape index (κ3) is 4.45. The number of carbonyl (C=O) groups excluding carboxylic acids is 1. The van der Waals surface area contributed by atoms with Gasteiger partial charge in [-0.1, -0.05) is 6.92 Å². The van der Waals surface area contributed by atoms with Gasteiger partial charge >= 0.3 is 0 Å². The van der Waals surface area contributed by atoms with E-state index in [9.17, 15) is 9.90 Å². The molecule has 122 valence electrons. The van der Waals surface area contributed by atoms with Crippen LogP contribution in [0.2, 0.25) is 0 Å². The summed E-state index contributed by atoms with van der Waals surface area (Å²) in [5.41, 5.74) is 0.763. The van der Waals surface area contributed by atoms with Crippen molar-refractivity contribution in [2.24, 2.45) is 5.92 Å². The standard InChI is InChI=1S/C17H26N2O3/c1-3-22-15-8-6-14(7-9-15)18-17(21)11-19-10-4-5-13(2)16(19)12-20/h6-9,13,16,20H,3-5,10-12H2,1-2H3,(H,18,21). The molecule has 2 atom stereocenters. The highest BCUT2D eigenvalue weighted by Crippen LogP contribution is 2.23. The molecule has 2 N–H and O–H groups in total. The lowest BCUT2D eigenvalue weighted by Crippen LogP contribution is -2.49. The predicted octanol–water partition coefficient (Wildman–Crippen LogP) is 2.12. The molecule has 1 saturated heterocycles. The number of aliphatic hydroxyl groups excluding tert-OH is 1. The van der Waals surface area contributed by atoms with Gasteiger partial charge < -0.3 is 15.2 Å². The highest BCUT2D eigenvalue weighted by Gasteiger charge is 2.29. The minimum absolute atomic E-state index is 0.0447. The average Bonchev–Trinajstić information content (AvgIpc) is 2.50. The number of piperidine rings is 1. The van der Waals surface area contributed by atoms with Gasteiger partial charge in [-0.3, -0.25) is 9.69 Å². The van der Waals surface area contributed by atoms with E-state index in [1.54, 1.807) is 0 Å². The highest BCUT2D eigenvalue weighted by atomic mass is 16.5.